The summed E-state index contributed by atoms with van der Waals surface area (Å²) in [7, 11) is 0. The molecule has 0 bridgehead atoms. The Kier molecular flexibility index (Phi) is 7.25. The van der Waals surface area contributed by atoms with Crippen molar-refractivity contribution in [2.24, 2.45) is 11.7 Å². The number of carbonyl (C=O) groups is 1. The second-order valence-electron chi connectivity index (χ2n) is 7.81. The van der Waals surface area contributed by atoms with Crippen molar-refractivity contribution in [1.29, 1.82) is 0 Å². The number of anilines is 1. The number of carbonyl (C=O) groups excluding carboxylic acids is 1. The molecule has 5 N–H and O–H groups in total. The van der Waals surface area contributed by atoms with Crippen molar-refractivity contribution < 1.29 is 15.0 Å². The Morgan fingerprint density at radius 3 is 2.73 bits per heavy atom. The van der Waals surface area contributed by atoms with Gasteiger partial charge in [0.25, 0.3) is 0 Å². The Morgan fingerprint density at radius 2 is 2.06 bits per heavy atom. The van der Waals surface area contributed by atoms with Crippen LogP contribution in [0.5, 0.6) is 0 Å². The lowest BCUT2D eigenvalue weighted by Gasteiger charge is -2.17. The summed E-state index contributed by atoms with van der Waals surface area (Å²) in [6.07, 6.45) is -0.485. The molecule has 1 fully saturated rings. The van der Waals surface area contributed by atoms with E-state index in [4.69, 9.17) is 28.9 Å². The third kappa shape index (κ3) is 4.87. The third-order valence-corrected chi connectivity index (χ3v) is 7.15. The van der Waals surface area contributed by atoms with Crippen molar-refractivity contribution in [3.05, 3.63) is 28.2 Å². The number of hydrogen-bond acceptors (Lipinski definition) is 9. The molecule has 0 saturated heterocycles. The largest absolute Gasteiger partial charge is 0.390 e. The SMILES string of the molecule is CCCCNc1nc(Sc2ccc(Cl)c(Cl)c2)nc2c1nnn2C1C[C@H](C(N)=O)C(O)C1O. The summed E-state index contributed by atoms with van der Waals surface area (Å²) in [4.78, 5) is 21.7. The number of aliphatic hydroxyl groups excluding tert-OH is 2. The minimum Gasteiger partial charge on any atom is -0.390 e. The molecule has 3 unspecified atom stereocenters. The number of aromatic nitrogens is 5. The second-order valence-corrected chi connectivity index (χ2v) is 9.67. The van der Waals surface area contributed by atoms with Gasteiger partial charge in [-0.25, -0.2) is 14.6 Å². The monoisotopic (exact) mass is 511 g/mol. The number of unbranched alkanes of at least 4 members (excludes halogenated alkanes) is 1. The number of fused-ring (bicyclic) bond motifs is 1. The fourth-order valence-corrected chi connectivity index (χ4v) is 4.92. The molecule has 3 aromatic rings. The molecule has 1 amide bonds. The number of rotatable bonds is 8. The summed E-state index contributed by atoms with van der Waals surface area (Å²) in [5.74, 6) is -1.07. The predicted molar refractivity (Wildman–Crippen MR) is 125 cm³/mol. The number of nitrogens with one attached hydrogen (secondary N) is 1. The van der Waals surface area contributed by atoms with Crippen molar-refractivity contribution in [3.63, 3.8) is 0 Å². The zero-order chi connectivity index (χ0) is 23.7. The highest BCUT2D eigenvalue weighted by atomic mass is 35.5. The molecule has 13 heteroatoms. The van der Waals surface area contributed by atoms with Crippen LogP contribution in [0.1, 0.15) is 32.2 Å². The van der Waals surface area contributed by atoms with E-state index in [1.54, 1.807) is 18.2 Å². The molecule has 1 saturated carbocycles. The molecule has 10 nitrogen and oxygen atoms in total. The lowest BCUT2D eigenvalue weighted by atomic mass is 10.1. The van der Waals surface area contributed by atoms with Crippen LogP contribution in [-0.2, 0) is 4.79 Å². The number of hydrogen-bond donors (Lipinski definition) is 4. The van der Waals surface area contributed by atoms with Gasteiger partial charge in [0.1, 0.15) is 6.10 Å². The number of amides is 1. The van der Waals surface area contributed by atoms with E-state index in [1.165, 1.54) is 16.4 Å². The van der Waals surface area contributed by atoms with E-state index < -0.39 is 30.1 Å². The van der Waals surface area contributed by atoms with Crippen LogP contribution in [0.25, 0.3) is 11.2 Å². The lowest BCUT2D eigenvalue weighted by molar-refractivity contribution is -0.125. The van der Waals surface area contributed by atoms with Gasteiger partial charge < -0.3 is 21.3 Å². The van der Waals surface area contributed by atoms with Crippen molar-refractivity contribution in [1.82, 2.24) is 25.0 Å². The van der Waals surface area contributed by atoms with Gasteiger partial charge in [0.05, 0.1) is 28.1 Å². The Morgan fingerprint density at radius 1 is 1.27 bits per heavy atom. The molecule has 1 aliphatic carbocycles. The number of benzene rings is 1. The first-order valence-corrected chi connectivity index (χ1v) is 12.0. The molecule has 0 radical (unpaired) electrons. The predicted octanol–water partition coefficient (Wildman–Crippen LogP) is 2.66. The minimum absolute atomic E-state index is 0.119. The highest BCUT2D eigenvalue weighted by Gasteiger charge is 2.46. The molecule has 0 spiro atoms. The molecule has 33 heavy (non-hydrogen) atoms. The molecular formula is C20H23Cl2N7O3S. The quantitative estimate of drug-likeness (QED) is 0.264. The van der Waals surface area contributed by atoms with Crippen molar-refractivity contribution in [2.45, 2.75) is 54.5 Å². The average molecular weight is 512 g/mol. The summed E-state index contributed by atoms with van der Waals surface area (Å²) in [6, 6.07) is 4.50. The molecule has 1 aromatic carbocycles. The summed E-state index contributed by atoms with van der Waals surface area (Å²) in [5.41, 5.74) is 6.18. The standard InChI is InChI=1S/C20H23Cl2N7O3S/c1-2-3-6-24-18-14-19(26-20(25-18)33-9-4-5-11(21)12(22)7-9)29(28-27-14)13-8-10(17(23)32)15(30)16(13)31/h4-5,7,10,13,15-16,30-31H,2-3,6,8H2,1H3,(H2,23,32)(H,24,25,26)/t10-,13?,15?,16?/m0/s1. The van der Waals surface area contributed by atoms with Gasteiger partial charge >= 0.3 is 0 Å². The van der Waals surface area contributed by atoms with Gasteiger partial charge in [-0.3, -0.25) is 4.79 Å². The molecule has 2 aromatic heterocycles. The van der Waals surface area contributed by atoms with E-state index in [0.717, 1.165) is 17.7 Å². The summed E-state index contributed by atoms with van der Waals surface area (Å²) in [5, 5.41) is 33.8. The van der Waals surface area contributed by atoms with Crippen LogP contribution < -0.4 is 11.1 Å². The van der Waals surface area contributed by atoms with Gasteiger partial charge in [-0.15, -0.1) is 5.10 Å². The van der Waals surface area contributed by atoms with E-state index in [0.29, 0.717) is 38.7 Å². The average Bonchev–Trinajstić information content (AvgIpc) is 3.32. The van der Waals surface area contributed by atoms with Crippen LogP contribution in [-0.4, -0.2) is 59.8 Å². The highest BCUT2D eigenvalue weighted by Crippen LogP contribution is 2.38. The second kappa shape index (κ2) is 9.98. The van der Waals surface area contributed by atoms with Crippen molar-refractivity contribution in [2.75, 3.05) is 11.9 Å². The van der Waals surface area contributed by atoms with Gasteiger partial charge in [0, 0.05) is 11.4 Å². The number of aliphatic hydroxyl groups is 2. The Bertz CT molecular complexity index is 1180. The first kappa shape index (κ1) is 24.0. The summed E-state index contributed by atoms with van der Waals surface area (Å²) < 4.78 is 1.43. The molecule has 2 heterocycles. The van der Waals surface area contributed by atoms with E-state index in [9.17, 15) is 15.0 Å². The van der Waals surface area contributed by atoms with Crippen LogP contribution in [0.3, 0.4) is 0 Å². The molecule has 1 aliphatic rings. The van der Waals surface area contributed by atoms with Gasteiger partial charge in [-0.1, -0.05) is 41.8 Å². The van der Waals surface area contributed by atoms with Crippen LogP contribution >= 0.6 is 35.0 Å². The fourth-order valence-electron chi connectivity index (χ4n) is 3.77. The van der Waals surface area contributed by atoms with Crippen LogP contribution in [0.2, 0.25) is 10.0 Å². The normalized spacial score (nSPS) is 22.7. The number of nitrogens with two attached hydrogens (primary N) is 1. The summed E-state index contributed by atoms with van der Waals surface area (Å²) >= 11 is 13.4. The maximum atomic E-state index is 11.7. The fraction of sp³-hybridized carbons (Fsp3) is 0.450. The zero-order valence-corrected chi connectivity index (χ0v) is 20.0. The molecule has 0 aliphatic heterocycles. The molecular weight excluding hydrogens is 489 g/mol. The van der Waals surface area contributed by atoms with Gasteiger partial charge in [0.2, 0.25) is 5.91 Å². The minimum atomic E-state index is -1.29. The maximum Gasteiger partial charge on any atom is 0.223 e. The zero-order valence-electron chi connectivity index (χ0n) is 17.7. The Hall–Kier alpha value is -2.18. The number of primary amides is 1. The van der Waals surface area contributed by atoms with Gasteiger partial charge in [-0.05, 0) is 42.8 Å². The lowest BCUT2D eigenvalue weighted by Crippen LogP contribution is -2.35. The first-order valence-electron chi connectivity index (χ1n) is 10.4. The molecule has 4 rings (SSSR count). The van der Waals surface area contributed by atoms with Crippen molar-refractivity contribution >= 4 is 57.9 Å². The van der Waals surface area contributed by atoms with Crippen molar-refractivity contribution in [3.8, 4) is 0 Å². The smallest absolute Gasteiger partial charge is 0.223 e. The van der Waals surface area contributed by atoms with Gasteiger partial charge in [0.15, 0.2) is 22.1 Å². The third-order valence-electron chi connectivity index (χ3n) is 5.56. The van der Waals surface area contributed by atoms with E-state index in [1.807, 2.05) is 0 Å². The number of halogens is 2. The Labute approximate surface area is 203 Å². The summed E-state index contributed by atoms with van der Waals surface area (Å²) in [6.45, 7) is 2.77. The Balaban J connectivity index is 1.74. The highest BCUT2D eigenvalue weighted by molar-refractivity contribution is 7.99. The maximum absolute atomic E-state index is 11.7. The van der Waals surface area contributed by atoms with Crippen LogP contribution in [0.4, 0.5) is 5.82 Å². The van der Waals surface area contributed by atoms with E-state index in [2.05, 4.69) is 32.5 Å². The van der Waals surface area contributed by atoms with Crippen LogP contribution in [0.15, 0.2) is 28.3 Å². The molecule has 4 atom stereocenters. The molecule has 176 valence electrons. The van der Waals surface area contributed by atoms with E-state index >= 15 is 0 Å². The van der Waals surface area contributed by atoms with Gasteiger partial charge in [-0.2, -0.15) is 0 Å². The number of nitrogens with zero attached hydrogens (tertiary/aromatic N) is 5. The topological polar surface area (TPSA) is 152 Å². The van der Waals surface area contributed by atoms with E-state index in [-0.39, 0.29) is 6.42 Å². The van der Waals surface area contributed by atoms with Crippen LogP contribution in [0, 0.1) is 5.92 Å². The first-order chi connectivity index (χ1) is 15.8.